The van der Waals surface area contributed by atoms with E-state index in [0.717, 1.165) is 36.1 Å². The second kappa shape index (κ2) is 11.5. The number of hydrogen-bond donors (Lipinski definition) is 0. The molecule has 36 heavy (non-hydrogen) atoms. The summed E-state index contributed by atoms with van der Waals surface area (Å²) in [5.74, 6) is 1.60. The van der Waals surface area contributed by atoms with Crippen molar-refractivity contribution in [1.29, 1.82) is 0 Å². The fourth-order valence-corrected chi connectivity index (χ4v) is 10.1. The first-order chi connectivity index (χ1) is 17.8. The molecule has 4 aromatic rings. The molecule has 1 unspecified atom stereocenters. The van der Waals surface area contributed by atoms with Crippen LogP contribution in [0.5, 0.6) is 5.75 Å². The van der Waals surface area contributed by atoms with Crippen molar-refractivity contribution < 1.29 is 14.2 Å². The Bertz CT molecular complexity index is 1160. The van der Waals surface area contributed by atoms with Crippen molar-refractivity contribution in [1.82, 2.24) is 0 Å². The standard InChI is InChI=1S/C32H33O3P/c1-33-27-21-19-26(20-22-27)32-25-34-28(24-35-32)12-11-23-36(29-13-5-2-6-14-29,30-15-7-3-8-16-30)31-17-9-4-10-18-31/h2-10,13-22,25,28,36H,11-12,23-24H2,1H3. The second-order valence-corrected chi connectivity index (χ2v) is 13.2. The van der Waals surface area contributed by atoms with Gasteiger partial charge in [0, 0.05) is 0 Å². The molecule has 0 aliphatic carbocycles. The summed E-state index contributed by atoms with van der Waals surface area (Å²) in [6.45, 7) is 0.564. The Morgan fingerprint density at radius 2 is 1.25 bits per heavy atom. The molecule has 0 aromatic heterocycles. The summed E-state index contributed by atoms with van der Waals surface area (Å²) in [4.78, 5) is 0. The minimum absolute atomic E-state index is 0.0565. The number of methoxy groups -OCH3 is 1. The van der Waals surface area contributed by atoms with Gasteiger partial charge in [0.1, 0.15) is 0 Å². The Kier molecular flexibility index (Phi) is 7.69. The van der Waals surface area contributed by atoms with Gasteiger partial charge in [0.25, 0.3) is 0 Å². The number of ether oxygens (including phenoxy) is 3. The predicted molar refractivity (Wildman–Crippen MR) is 152 cm³/mol. The van der Waals surface area contributed by atoms with Crippen LogP contribution in [0.1, 0.15) is 18.4 Å². The Labute approximate surface area is 214 Å². The van der Waals surface area contributed by atoms with Crippen LogP contribution in [0.4, 0.5) is 0 Å². The summed E-state index contributed by atoms with van der Waals surface area (Å²) >= 11 is 0. The van der Waals surface area contributed by atoms with Crippen LogP contribution in [-0.2, 0) is 9.47 Å². The summed E-state index contributed by atoms with van der Waals surface area (Å²) < 4.78 is 17.5. The number of benzene rings is 4. The zero-order valence-electron chi connectivity index (χ0n) is 20.7. The molecule has 0 spiro atoms. The molecular formula is C32H33O3P. The van der Waals surface area contributed by atoms with Crippen molar-refractivity contribution in [2.24, 2.45) is 0 Å². The van der Waals surface area contributed by atoms with E-state index in [4.69, 9.17) is 14.2 Å². The second-order valence-electron chi connectivity index (χ2n) is 9.18. The van der Waals surface area contributed by atoms with Gasteiger partial charge in [0.05, 0.1) is 7.11 Å². The third kappa shape index (κ3) is 5.17. The molecule has 0 saturated carbocycles. The molecule has 5 rings (SSSR count). The van der Waals surface area contributed by atoms with Gasteiger partial charge in [-0.3, -0.25) is 0 Å². The maximum absolute atomic E-state index is 6.13. The van der Waals surface area contributed by atoms with Gasteiger partial charge in [0.2, 0.25) is 0 Å². The molecule has 184 valence electrons. The topological polar surface area (TPSA) is 27.7 Å². The summed E-state index contributed by atoms with van der Waals surface area (Å²) in [5, 5.41) is 4.35. The van der Waals surface area contributed by atoms with E-state index in [1.54, 1.807) is 13.4 Å². The van der Waals surface area contributed by atoms with Gasteiger partial charge >= 0.3 is 208 Å². The Morgan fingerprint density at radius 1 is 0.722 bits per heavy atom. The third-order valence-corrected chi connectivity index (χ3v) is 12.1. The Morgan fingerprint density at radius 3 is 1.69 bits per heavy atom. The van der Waals surface area contributed by atoms with Gasteiger partial charge in [-0.25, -0.2) is 0 Å². The molecule has 0 fully saturated rings. The quantitative estimate of drug-likeness (QED) is 0.270. The van der Waals surface area contributed by atoms with Crippen molar-refractivity contribution in [3.05, 3.63) is 127 Å². The van der Waals surface area contributed by atoms with Gasteiger partial charge in [-0.1, -0.05) is 0 Å². The van der Waals surface area contributed by atoms with Crippen LogP contribution in [0.25, 0.3) is 5.76 Å². The van der Waals surface area contributed by atoms with E-state index in [0.29, 0.717) is 6.61 Å². The summed E-state index contributed by atoms with van der Waals surface area (Å²) in [6.07, 6.45) is 4.95. The van der Waals surface area contributed by atoms with Crippen LogP contribution >= 0.6 is 7.26 Å². The normalized spacial score (nSPS) is 15.8. The van der Waals surface area contributed by atoms with E-state index in [1.165, 1.54) is 15.9 Å². The summed E-state index contributed by atoms with van der Waals surface area (Å²) in [5.41, 5.74) is 0.998. The SMILES string of the molecule is COc1ccc(C2=COC(CCC[PH](c3ccccc3)(c3ccccc3)c3ccccc3)CO2)cc1. The fourth-order valence-electron chi connectivity index (χ4n) is 5.17. The average molecular weight is 497 g/mol. The molecule has 0 radical (unpaired) electrons. The van der Waals surface area contributed by atoms with Crippen LogP contribution in [0.15, 0.2) is 122 Å². The molecule has 4 aromatic carbocycles. The van der Waals surface area contributed by atoms with Gasteiger partial charge in [-0.2, -0.15) is 0 Å². The van der Waals surface area contributed by atoms with Crippen LogP contribution in [0.3, 0.4) is 0 Å². The number of hydrogen-bond acceptors (Lipinski definition) is 3. The van der Waals surface area contributed by atoms with E-state index < -0.39 is 7.26 Å². The summed E-state index contributed by atoms with van der Waals surface area (Å²) in [6, 6.07) is 41.1. The van der Waals surface area contributed by atoms with Gasteiger partial charge < -0.3 is 0 Å². The van der Waals surface area contributed by atoms with Crippen molar-refractivity contribution in [2.45, 2.75) is 18.9 Å². The first kappa shape index (κ1) is 24.2. The molecule has 1 atom stereocenters. The van der Waals surface area contributed by atoms with E-state index >= 15 is 0 Å². The zero-order valence-corrected chi connectivity index (χ0v) is 21.7. The first-order valence-electron chi connectivity index (χ1n) is 12.6. The molecule has 0 N–H and O–H groups in total. The monoisotopic (exact) mass is 496 g/mol. The molecular weight excluding hydrogens is 463 g/mol. The van der Waals surface area contributed by atoms with E-state index in [-0.39, 0.29) is 6.10 Å². The number of rotatable bonds is 9. The third-order valence-electron chi connectivity index (χ3n) is 7.04. The average Bonchev–Trinajstić information content (AvgIpc) is 2.97. The molecule has 1 aliphatic heterocycles. The van der Waals surface area contributed by atoms with Crippen molar-refractivity contribution in [2.75, 3.05) is 19.9 Å². The molecule has 0 bridgehead atoms. The molecule has 1 aliphatic rings. The Balaban J connectivity index is 1.35. The van der Waals surface area contributed by atoms with E-state index in [1.807, 2.05) is 24.3 Å². The van der Waals surface area contributed by atoms with Crippen LogP contribution in [0.2, 0.25) is 0 Å². The van der Waals surface area contributed by atoms with Crippen molar-refractivity contribution in [3.63, 3.8) is 0 Å². The van der Waals surface area contributed by atoms with Gasteiger partial charge in [0.15, 0.2) is 0 Å². The molecule has 0 saturated heterocycles. The van der Waals surface area contributed by atoms with E-state index in [9.17, 15) is 0 Å². The van der Waals surface area contributed by atoms with Gasteiger partial charge in [-0.05, 0) is 0 Å². The van der Waals surface area contributed by atoms with Gasteiger partial charge in [-0.15, -0.1) is 0 Å². The predicted octanol–water partition coefficient (Wildman–Crippen LogP) is 5.92. The van der Waals surface area contributed by atoms with Crippen molar-refractivity contribution in [3.8, 4) is 5.75 Å². The fraction of sp³-hybridized carbons (Fsp3) is 0.188. The Hall–Kier alpha value is -3.55. The van der Waals surface area contributed by atoms with Crippen LogP contribution < -0.4 is 20.7 Å². The zero-order chi connectivity index (χ0) is 24.6. The molecule has 1 heterocycles. The first-order valence-corrected chi connectivity index (χ1v) is 14.8. The molecule has 0 amide bonds. The molecule has 3 nitrogen and oxygen atoms in total. The van der Waals surface area contributed by atoms with Crippen LogP contribution in [0, 0.1) is 0 Å². The van der Waals surface area contributed by atoms with Crippen molar-refractivity contribution >= 4 is 28.9 Å². The summed E-state index contributed by atoms with van der Waals surface area (Å²) in [7, 11) is -0.537. The molecule has 4 heteroatoms. The van der Waals surface area contributed by atoms with Crippen LogP contribution in [-0.4, -0.2) is 26.0 Å². The maximum atomic E-state index is 6.13. The minimum atomic E-state index is -2.21. The van der Waals surface area contributed by atoms with E-state index in [2.05, 4.69) is 91.0 Å².